The predicted octanol–water partition coefficient (Wildman–Crippen LogP) is 0.777. The van der Waals surface area contributed by atoms with Gasteiger partial charge in [-0.15, -0.1) is 0 Å². The molecule has 0 radical (unpaired) electrons. The molecule has 7 nitrogen and oxygen atoms in total. The summed E-state index contributed by atoms with van der Waals surface area (Å²) in [5.74, 6) is 0.153. The van der Waals surface area contributed by atoms with E-state index in [9.17, 15) is 18.0 Å². The molecule has 2 aromatic rings. The summed E-state index contributed by atoms with van der Waals surface area (Å²) in [5.41, 5.74) is -0.0261. The molecular formula is C15H18N2O5S. The van der Waals surface area contributed by atoms with Gasteiger partial charge in [0.25, 0.3) is 5.56 Å². The number of aryl methyl sites for hydroxylation is 2. The smallest absolute Gasteiger partial charge is 0.346 e. The van der Waals surface area contributed by atoms with E-state index in [4.69, 9.17) is 4.18 Å². The van der Waals surface area contributed by atoms with Gasteiger partial charge in [0.05, 0.1) is 0 Å². The largest absolute Gasteiger partial charge is 0.378 e. The van der Waals surface area contributed by atoms with E-state index in [0.29, 0.717) is 5.56 Å². The first-order valence-electron chi connectivity index (χ1n) is 6.84. The van der Waals surface area contributed by atoms with Crippen molar-refractivity contribution in [3.05, 3.63) is 55.9 Å². The van der Waals surface area contributed by atoms with Crippen LogP contribution < -0.4 is 15.4 Å². The Labute approximate surface area is 133 Å². The van der Waals surface area contributed by atoms with Crippen molar-refractivity contribution in [3.8, 4) is 5.75 Å². The van der Waals surface area contributed by atoms with E-state index in [-0.39, 0.29) is 11.4 Å². The van der Waals surface area contributed by atoms with Gasteiger partial charge in [-0.05, 0) is 38.0 Å². The molecule has 0 saturated carbocycles. The molecule has 1 heterocycles. The van der Waals surface area contributed by atoms with Crippen LogP contribution in [0.1, 0.15) is 16.8 Å². The number of rotatable bonds is 3. The average molecular weight is 338 g/mol. The summed E-state index contributed by atoms with van der Waals surface area (Å²) in [7, 11) is -1.75. The van der Waals surface area contributed by atoms with Crippen molar-refractivity contribution in [1.82, 2.24) is 9.13 Å². The van der Waals surface area contributed by atoms with Crippen LogP contribution in [-0.4, -0.2) is 17.6 Å². The summed E-state index contributed by atoms with van der Waals surface area (Å²) in [5, 5.41) is 0. The third-order valence-corrected chi connectivity index (χ3v) is 5.07. The molecule has 1 aromatic heterocycles. The molecule has 0 fully saturated rings. The lowest BCUT2D eigenvalue weighted by molar-refractivity contribution is 0.476. The first-order valence-corrected chi connectivity index (χ1v) is 8.25. The Morgan fingerprint density at radius 2 is 1.61 bits per heavy atom. The molecule has 0 spiro atoms. The van der Waals surface area contributed by atoms with Gasteiger partial charge in [-0.1, -0.05) is 12.1 Å². The van der Waals surface area contributed by atoms with Crippen molar-refractivity contribution in [2.45, 2.75) is 25.7 Å². The first kappa shape index (κ1) is 17.0. The molecule has 124 valence electrons. The first-order chi connectivity index (χ1) is 10.6. The third kappa shape index (κ3) is 2.94. The molecule has 0 atom stereocenters. The number of benzene rings is 1. The standard InChI is InChI=1S/C15H18N2O5S/c1-9-6-7-10(2)12(8-9)22-23(20,21)13-11(3)16(4)15(19)17(5)14(13)18/h6-8H,1-5H3. The highest BCUT2D eigenvalue weighted by Gasteiger charge is 2.27. The molecule has 2 rings (SSSR count). The van der Waals surface area contributed by atoms with Crippen molar-refractivity contribution >= 4 is 10.1 Å². The van der Waals surface area contributed by atoms with Gasteiger partial charge in [-0.25, -0.2) is 4.79 Å². The van der Waals surface area contributed by atoms with Crippen LogP contribution in [0.2, 0.25) is 0 Å². The Morgan fingerprint density at radius 1 is 1.00 bits per heavy atom. The minimum atomic E-state index is -4.37. The van der Waals surface area contributed by atoms with E-state index in [2.05, 4.69) is 0 Å². The quantitative estimate of drug-likeness (QED) is 0.772. The lowest BCUT2D eigenvalue weighted by Crippen LogP contribution is -2.41. The summed E-state index contributed by atoms with van der Waals surface area (Å²) in [6, 6.07) is 5.13. The fraction of sp³-hybridized carbons (Fsp3) is 0.333. The number of hydrogen-bond acceptors (Lipinski definition) is 5. The van der Waals surface area contributed by atoms with E-state index in [0.717, 1.165) is 14.7 Å². The van der Waals surface area contributed by atoms with Gasteiger partial charge in [-0.2, -0.15) is 8.42 Å². The fourth-order valence-corrected chi connectivity index (χ4v) is 3.51. The van der Waals surface area contributed by atoms with E-state index in [1.54, 1.807) is 26.0 Å². The molecular weight excluding hydrogens is 320 g/mol. The van der Waals surface area contributed by atoms with Crippen LogP contribution in [-0.2, 0) is 24.2 Å². The molecule has 8 heteroatoms. The second kappa shape index (κ2) is 5.69. The van der Waals surface area contributed by atoms with Crippen LogP contribution in [0.5, 0.6) is 5.75 Å². The predicted molar refractivity (Wildman–Crippen MR) is 85.4 cm³/mol. The molecule has 0 aliphatic heterocycles. The minimum Gasteiger partial charge on any atom is -0.378 e. The van der Waals surface area contributed by atoms with E-state index < -0.39 is 26.3 Å². The van der Waals surface area contributed by atoms with Crippen molar-refractivity contribution < 1.29 is 12.6 Å². The SMILES string of the molecule is Cc1ccc(C)c(OS(=O)(=O)c2c(C)n(C)c(=O)n(C)c2=O)c1. The van der Waals surface area contributed by atoms with Crippen LogP contribution in [0, 0.1) is 20.8 Å². The van der Waals surface area contributed by atoms with Crippen molar-refractivity contribution in [2.75, 3.05) is 0 Å². The Morgan fingerprint density at radius 3 is 2.22 bits per heavy atom. The summed E-state index contributed by atoms with van der Waals surface area (Å²) in [4.78, 5) is 23.5. The molecule has 0 bridgehead atoms. The Bertz CT molecular complexity index is 1000. The molecule has 0 aliphatic carbocycles. The summed E-state index contributed by atoms with van der Waals surface area (Å²) in [6.45, 7) is 4.90. The highest BCUT2D eigenvalue weighted by molar-refractivity contribution is 7.87. The second-order valence-electron chi connectivity index (χ2n) is 5.43. The van der Waals surface area contributed by atoms with Crippen LogP contribution in [0.4, 0.5) is 0 Å². The second-order valence-corrected chi connectivity index (χ2v) is 6.91. The van der Waals surface area contributed by atoms with Crippen LogP contribution in [0.25, 0.3) is 0 Å². The van der Waals surface area contributed by atoms with Gasteiger partial charge in [0.1, 0.15) is 5.75 Å². The highest BCUT2D eigenvalue weighted by Crippen LogP contribution is 2.23. The molecule has 0 aliphatic rings. The average Bonchev–Trinajstić information content (AvgIpc) is 2.46. The lowest BCUT2D eigenvalue weighted by atomic mass is 10.1. The highest BCUT2D eigenvalue weighted by atomic mass is 32.2. The van der Waals surface area contributed by atoms with Gasteiger partial charge in [0.15, 0.2) is 4.90 Å². The molecule has 0 unspecified atom stereocenters. The van der Waals surface area contributed by atoms with Gasteiger partial charge in [0, 0.05) is 19.8 Å². The topological polar surface area (TPSA) is 87.4 Å². The molecule has 0 saturated heterocycles. The molecule has 0 amide bonds. The molecule has 23 heavy (non-hydrogen) atoms. The lowest BCUT2D eigenvalue weighted by Gasteiger charge is -2.14. The normalized spacial score (nSPS) is 11.5. The Balaban J connectivity index is 2.69. The maximum absolute atomic E-state index is 12.6. The maximum Gasteiger partial charge on any atom is 0.346 e. The van der Waals surface area contributed by atoms with Crippen LogP contribution in [0.15, 0.2) is 32.7 Å². The number of nitrogens with zero attached hydrogens (tertiary/aromatic N) is 2. The minimum absolute atomic E-state index is 0.0309. The summed E-state index contributed by atoms with van der Waals surface area (Å²) in [6.07, 6.45) is 0. The number of hydrogen-bond donors (Lipinski definition) is 0. The van der Waals surface area contributed by atoms with Gasteiger partial charge in [0.2, 0.25) is 0 Å². The molecule has 1 aromatic carbocycles. The maximum atomic E-state index is 12.6. The van der Waals surface area contributed by atoms with Crippen molar-refractivity contribution in [1.29, 1.82) is 0 Å². The zero-order chi connectivity index (χ0) is 17.5. The fourth-order valence-electron chi connectivity index (χ4n) is 2.16. The zero-order valence-corrected chi connectivity index (χ0v) is 14.4. The van der Waals surface area contributed by atoms with E-state index in [1.165, 1.54) is 21.0 Å². The van der Waals surface area contributed by atoms with Gasteiger partial charge in [-0.3, -0.25) is 13.9 Å². The van der Waals surface area contributed by atoms with Crippen molar-refractivity contribution in [3.63, 3.8) is 0 Å². The van der Waals surface area contributed by atoms with E-state index >= 15 is 0 Å². The monoisotopic (exact) mass is 338 g/mol. The zero-order valence-electron chi connectivity index (χ0n) is 13.6. The third-order valence-electron chi connectivity index (χ3n) is 3.70. The van der Waals surface area contributed by atoms with Crippen LogP contribution in [0.3, 0.4) is 0 Å². The summed E-state index contributed by atoms with van der Waals surface area (Å²) >= 11 is 0. The van der Waals surface area contributed by atoms with Crippen molar-refractivity contribution in [2.24, 2.45) is 14.1 Å². The number of aromatic nitrogens is 2. The summed E-state index contributed by atoms with van der Waals surface area (Å²) < 4.78 is 32.1. The van der Waals surface area contributed by atoms with E-state index in [1.807, 2.05) is 6.07 Å². The van der Waals surface area contributed by atoms with Gasteiger partial charge >= 0.3 is 15.8 Å². The van der Waals surface area contributed by atoms with Gasteiger partial charge < -0.3 is 4.18 Å². The Hall–Kier alpha value is -2.35. The molecule has 0 N–H and O–H groups in total. The Kier molecular flexibility index (Phi) is 4.21. The van der Waals surface area contributed by atoms with Crippen LogP contribution >= 0.6 is 0 Å².